The first-order chi connectivity index (χ1) is 8.29. The first kappa shape index (κ1) is 11.8. The molecule has 2 aromatic rings. The zero-order valence-electron chi connectivity index (χ0n) is 9.83. The van der Waals surface area contributed by atoms with Gasteiger partial charge in [-0.1, -0.05) is 6.92 Å². The van der Waals surface area contributed by atoms with Crippen molar-refractivity contribution in [2.45, 2.75) is 19.9 Å². The van der Waals surface area contributed by atoms with Crippen molar-refractivity contribution in [1.82, 2.24) is 15.5 Å². The largest absolute Gasteiger partial charge is 0.311 e. The van der Waals surface area contributed by atoms with Crippen molar-refractivity contribution in [3.63, 3.8) is 0 Å². The number of H-pyrrole nitrogens is 1. The molecule has 0 fully saturated rings. The maximum absolute atomic E-state index is 12.8. The molecule has 90 valence electrons. The molecule has 0 aliphatic heterocycles. The smallest absolute Gasteiger partial charge is 0.123 e. The van der Waals surface area contributed by atoms with Crippen LogP contribution in [0.1, 0.15) is 19.0 Å². The molecule has 1 aromatic heterocycles. The average molecular weight is 233 g/mol. The van der Waals surface area contributed by atoms with E-state index in [-0.39, 0.29) is 5.82 Å². The van der Waals surface area contributed by atoms with Crippen LogP contribution in [0.25, 0.3) is 11.3 Å². The van der Waals surface area contributed by atoms with Crippen molar-refractivity contribution in [3.05, 3.63) is 41.8 Å². The Morgan fingerprint density at radius 3 is 2.76 bits per heavy atom. The van der Waals surface area contributed by atoms with E-state index in [1.165, 1.54) is 12.1 Å². The molecule has 1 heterocycles. The molecule has 0 unspecified atom stereocenters. The Hall–Kier alpha value is -1.68. The zero-order valence-corrected chi connectivity index (χ0v) is 9.83. The molecule has 17 heavy (non-hydrogen) atoms. The Kier molecular flexibility index (Phi) is 3.88. The molecule has 3 nitrogen and oxygen atoms in total. The van der Waals surface area contributed by atoms with E-state index in [0.29, 0.717) is 0 Å². The number of hydrogen-bond donors (Lipinski definition) is 2. The maximum Gasteiger partial charge on any atom is 0.123 e. The number of halogens is 1. The van der Waals surface area contributed by atoms with Crippen molar-refractivity contribution >= 4 is 0 Å². The molecule has 0 aliphatic carbocycles. The van der Waals surface area contributed by atoms with Crippen molar-refractivity contribution in [3.8, 4) is 11.3 Å². The number of aromatic amines is 1. The highest BCUT2D eigenvalue weighted by Crippen LogP contribution is 2.17. The van der Waals surface area contributed by atoms with Gasteiger partial charge in [-0.15, -0.1) is 0 Å². The van der Waals surface area contributed by atoms with Crippen LogP contribution < -0.4 is 5.32 Å². The molecule has 2 N–H and O–H groups in total. The third kappa shape index (κ3) is 3.14. The Labute approximate surface area is 100 Å². The van der Waals surface area contributed by atoms with Crippen LogP contribution in [0.15, 0.2) is 30.3 Å². The fourth-order valence-corrected chi connectivity index (χ4v) is 1.62. The molecule has 0 saturated carbocycles. The van der Waals surface area contributed by atoms with E-state index in [9.17, 15) is 4.39 Å². The lowest BCUT2D eigenvalue weighted by molar-refractivity contribution is 0.628. The van der Waals surface area contributed by atoms with Crippen molar-refractivity contribution in [2.75, 3.05) is 6.54 Å². The van der Waals surface area contributed by atoms with Gasteiger partial charge in [-0.05, 0) is 43.3 Å². The van der Waals surface area contributed by atoms with Gasteiger partial charge < -0.3 is 5.32 Å². The minimum atomic E-state index is -0.228. The minimum Gasteiger partial charge on any atom is -0.311 e. The van der Waals surface area contributed by atoms with Gasteiger partial charge in [0.15, 0.2) is 0 Å². The average Bonchev–Trinajstić information content (AvgIpc) is 2.79. The standard InChI is InChI=1S/C13H16FN3/c1-2-7-15-9-12-8-13(17-16-12)10-3-5-11(14)6-4-10/h3-6,8,15H,2,7,9H2,1H3,(H,16,17). The molecule has 0 radical (unpaired) electrons. The summed E-state index contributed by atoms with van der Waals surface area (Å²) in [6, 6.07) is 8.33. The van der Waals surface area contributed by atoms with E-state index >= 15 is 0 Å². The summed E-state index contributed by atoms with van der Waals surface area (Å²) in [6.07, 6.45) is 1.11. The highest BCUT2D eigenvalue weighted by Gasteiger charge is 2.03. The molecule has 0 bridgehead atoms. The molecular formula is C13H16FN3. The van der Waals surface area contributed by atoms with E-state index in [4.69, 9.17) is 0 Å². The van der Waals surface area contributed by atoms with Gasteiger partial charge >= 0.3 is 0 Å². The monoisotopic (exact) mass is 233 g/mol. The SMILES string of the molecule is CCCNCc1cc(-c2ccc(F)cc2)n[nH]1. The molecular weight excluding hydrogens is 217 g/mol. The van der Waals surface area contributed by atoms with E-state index in [2.05, 4.69) is 22.4 Å². The Morgan fingerprint density at radius 2 is 2.06 bits per heavy atom. The highest BCUT2D eigenvalue weighted by atomic mass is 19.1. The van der Waals surface area contributed by atoms with Gasteiger partial charge in [0.05, 0.1) is 5.69 Å². The number of hydrogen-bond acceptors (Lipinski definition) is 2. The number of rotatable bonds is 5. The molecule has 1 aromatic carbocycles. The van der Waals surface area contributed by atoms with Crippen LogP contribution in [0.3, 0.4) is 0 Å². The van der Waals surface area contributed by atoms with Gasteiger partial charge in [0.25, 0.3) is 0 Å². The summed E-state index contributed by atoms with van der Waals surface area (Å²) in [6.45, 7) is 3.90. The third-order valence-corrected chi connectivity index (χ3v) is 2.51. The normalized spacial score (nSPS) is 10.7. The fourth-order valence-electron chi connectivity index (χ4n) is 1.62. The van der Waals surface area contributed by atoms with Gasteiger partial charge in [0.1, 0.15) is 5.82 Å². The first-order valence-corrected chi connectivity index (χ1v) is 5.80. The van der Waals surface area contributed by atoms with Crippen LogP contribution in [0, 0.1) is 5.82 Å². The van der Waals surface area contributed by atoms with Crippen molar-refractivity contribution < 1.29 is 4.39 Å². The second kappa shape index (κ2) is 5.59. The van der Waals surface area contributed by atoms with Gasteiger partial charge in [-0.25, -0.2) is 4.39 Å². The predicted molar refractivity (Wildman–Crippen MR) is 66.0 cm³/mol. The Balaban J connectivity index is 2.04. The molecule has 0 amide bonds. The summed E-state index contributed by atoms with van der Waals surface area (Å²) < 4.78 is 12.8. The minimum absolute atomic E-state index is 0.228. The lowest BCUT2D eigenvalue weighted by Gasteiger charge is -1.98. The maximum atomic E-state index is 12.8. The van der Waals surface area contributed by atoms with Crippen LogP contribution in [0.2, 0.25) is 0 Å². The summed E-state index contributed by atoms with van der Waals surface area (Å²) in [5, 5.41) is 10.5. The quantitative estimate of drug-likeness (QED) is 0.779. The summed E-state index contributed by atoms with van der Waals surface area (Å²) in [5.74, 6) is -0.228. The summed E-state index contributed by atoms with van der Waals surface area (Å²) in [4.78, 5) is 0. The van der Waals surface area contributed by atoms with E-state index in [0.717, 1.165) is 36.5 Å². The Bertz CT molecular complexity index is 462. The predicted octanol–water partition coefficient (Wildman–Crippen LogP) is 2.72. The van der Waals surface area contributed by atoms with Gasteiger partial charge in [-0.3, -0.25) is 5.10 Å². The topological polar surface area (TPSA) is 40.7 Å². The molecule has 2 rings (SSSR count). The van der Waals surface area contributed by atoms with E-state index in [1.807, 2.05) is 6.07 Å². The molecule has 0 saturated heterocycles. The lowest BCUT2D eigenvalue weighted by atomic mass is 10.1. The summed E-state index contributed by atoms with van der Waals surface area (Å²) in [5.41, 5.74) is 2.81. The number of benzene rings is 1. The second-order valence-corrected chi connectivity index (χ2v) is 3.96. The molecule has 0 spiro atoms. The fraction of sp³-hybridized carbons (Fsp3) is 0.308. The van der Waals surface area contributed by atoms with Crippen LogP contribution in [-0.4, -0.2) is 16.7 Å². The van der Waals surface area contributed by atoms with Crippen molar-refractivity contribution in [1.29, 1.82) is 0 Å². The van der Waals surface area contributed by atoms with E-state index < -0.39 is 0 Å². The van der Waals surface area contributed by atoms with Gasteiger partial charge in [0.2, 0.25) is 0 Å². The van der Waals surface area contributed by atoms with Crippen LogP contribution in [0.4, 0.5) is 4.39 Å². The van der Waals surface area contributed by atoms with Crippen LogP contribution in [0.5, 0.6) is 0 Å². The highest BCUT2D eigenvalue weighted by molar-refractivity contribution is 5.58. The Morgan fingerprint density at radius 1 is 1.29 bits per heavy atom. The summed E-state index contributed by atoms with van der Waals surface area (Å²) >= 11 is 0. The van der Waals surface area contributed by atoms with Gasteiger partial charge in [-0.2, -0.15) is 5.10 Å². The number of nitrogens with zero attached hydrogens (tertiary/aromatic N) is 1. The van der Waals surface area contributed by atoms with Gasteiger partial charge in [0, 0.05) is 17.8 Å². The van der Waals surface area contributed by atoms with E-state index in [1.54, 1.807) is 12.1 Å². The number of nitrogens with one attached hydrogen (secondary N) is 2. The zero-order chi connectivity index (χ0) is 12.1. The van der Waals surface area contributed by atoms with Crippen molar-refractivity contribution in [2.24, 2.45) is 0 Å². The third-order valence-electron chi connectivity index (χ3n) is 2.51. The second-order valence-electron chi connectivity index (χ2n) is 3.96. The molecule has 0 atom stereocenters. The summed E-state index contributed by atoms with van der Waals surface area (Å²) in [7, 11) is 0. The lowest BCUT2D eigenvalue weighted by Crippen LogP contribution is -2.13. The molecule has 0 aliphatic rings. The number of aromatic nitrogens is 2. The molecule has 4 heteroatoms. The van der Waals surface area contributed by atoms with Crippen LogP contribution >= 0.6 is 0 Å². The first-order valence-electron chi connectivity index (χ1n) is 5.80. The van der Waals surface area contributed by atoms with Crippen LogP contribution in [-0.2, 0) is 6.54 Å².